The van der Waals surface area contributed by atoms with E-state index in [1.807, 2.05) is 0 Å². The molecule has 0 unspecified atom stereocenters. The molecule has 128 valence electrons. The Morgan fingerprint density at radius 2 is 2.04 bits per heavy atom. The molecule has 0 atom stereocenters. The van der Waals surface area contributed by atoms with Crippen LogP contribution in [0.3, 0.4) is 0 Å². The Morgan fingerprint density at radius 3 is 2.48 bits per heavy atom. The summed E-state index contributed by atoms with van der Waals surface area (Å²) in [6.45, 7) is -0.332. The Bertz CT molecular complexity index is 551. The van der Waals surface area contributed by atoms with Crippen molar-refractivity contribution in [1.29, 1.82) is 0 Å². The molecule has 1 aromatic heterocycles. The first-order valence-corrected chi connectivity index (χ1v) is 6.43. The normalized spacial score (nSPS) is 11.4. The monoisotopic (exact) mass is 338 g/mol. The van der Waals surface area contributed by atoms with Crippen molar-refractivity contribution in [3.63, 3.8) is 0 Å². The highest BCUT2D eigenvalue weighted by Gasteiger charge is 2.41. The molecule has 1 rings (SSSR count). The number of ether oxygens (including phenoxy) is 1. The van der Waals surface area contributed by atoms with Crippen molar-refractivity contribution < 1.29 is 37.0 Å². The predicted octanol–water partition coefficient (Wildman–Crippen LogP) is 1.91. The zero-order valence-corrected chi connectivity index (χ0v) is 12.0. The maximum atomic E-state index is 12.7. The molecule has 0 saturated heterocycles. The Hall–Kier alpha value is -2.39. The fourth-order valence-corrected chi connectivity index (χ4v) is 1.50. The van der Waals surface area contributed by atoms with Crippen LogP contribution >= 0.6 is 0 Å². The molecule has 10 heteroatoms. The van der Waals surface area contributed by atoms with Gasteiger partial charge in [-0.2, -0.15) is 8.78 Å². The summed E-state index contributed by atoms with van der Waals surface area (Å²) in [4.78, 5) is 27.2. The van der Waals surface area contributed by atoms with Gasteiger partial charge in [0, 0.05) is 18.8 Å². The van der Waals surface area contributed by atoms with Crippen LogP contribution in [0.5, 0.6) is 5.88 Å². The first-order valence-electron chi connectivity index (χ1n) is 6.43. The van der Waals surface area contributed by atoms with Crippen LogP contribution in [0.4, 0.5) is 17.6 Å². The summed E-state index contributed by atoms with van der Waals surface area (Å²) in [5.41, 5.74) is 0.0149. The van der Waals surface area contributed by atoms with E-state index in [0.29, 0.717) is 0 Å². The summed E-state index contributed by atoms with van der Waals surface area (Å²) >= 11 is 0. The summed E-state index contributed by atoms with van der Waals surface area (Å²) in [7, 11) is 0. The first-order chi connectivity index (χ1) is 10.7. The zero-order valence-electron chi connectivity index (χ0n) is 12.0. The molecule has 1 N–H and O–H groups in total. The van der Waals surface area contributed by atoms with Crippen molar-refractivity contribution in [2.24, 2.45) is 0 Å². The third-order valence-corrected chi connectivity index (χ3v) is 2.71. The second kappa shape index (κ2) is 7.75. The van der Waals surface area contributed by atoms with Crippen molar-refractivity contribution >= 4 is 11.9 Å². The highest BCUT2D eigenvalue weighted by molar-refractivity contribution is 5.95. The molecule has 1 heterocycles. The van der Waals surface area contributed by atoms with Crippen LogP contribution in [-0.2, 0) is 4.79 Å². The first kappa shape index (κ1) is 18.7. The number of amides is 1. The second-order valence-electron chi connectivity index (χ2n) is 4.45. The number of halogens is 4. The smallest absolute Gasteiger partial charge is 0.340 e. The summed E-state index contributed by atoms with van der Waals surface area (Å²) in [6.07, 6.45) is -2.87. The number of carbonyl (C=O) groups excluding carboxylic acids is 1. The highest BCUT2D eigenvalue weighted by atomic mass is 19.3. The summed E-state index contributed by atoms with van der Waals surface area (Å²) in [5, 5.41) is 8.68. The van der Waals surface area contributed by atoms with Gasteiger partial charge in [0.1, 0.15) is 6.54 Å². The molecule has 0 aliphatic carbocycles. The third kappa shape index (κ3) is 5.38. The summed E-state index contributed by atoms with van der Waals surface area (Å²) in [5.74, 6) is -6.48. The lowest BCUT2D eigenvalue weighted by Gasteiger charge is -2.18. The number of hydrogen-bond acceptors (Lipinski definition) is 4. The molecule has 0 bridgehead atoms. The SMILES string of the molecule is CCN(CC(=O)O)C(=O)c1ccc(OCC(F)(F)C(F)F)nc1. The van der Waals surface area contributed by atoms with Gasteiger partial charge in [-0.3, -0.25) is 9.59 Å². The van der Waals surface area contributed by atoms with E-state index in [2.05, 4.69) is 9.72 Å². The quantitative estimate of drug-likeness (QED) is 0.733. The Labute approximate surface area is 128 Å². The largest absolute Gasteiger partial charge is 0.480 e. The van der Waals surface area contributed by atoms with Crippen LogP contribution in [-0.4, -0.2) is 58.9 Å². The number of hydrogen-bond donors (Lipinski definition) is 1. The fraction of sp³-hybridized carbons (Fsp3) is 0.462. The lowest BCUT2D eigenvalue weighted by molar-refractivity contribution is -0.148. The van der Waals surface area contributed by atoms with Crippen molar-refractivity contribution in [3.8, 4) is 5.88 Å². The van der Waals surface area contributed by atoms with Crippen molar-refractivity contribution in [2.45, 2.75) is 19.3 Å². The Kier molecular flexibility index (Phi) is 6.28. The number of nitrogens with zero attached hydrogens (tertiary/aromatic N) is 2. The maximum absolute atomic E-state index is 12.7. The van der Waals surface area contributed by atoms with Crippen molar-refractivity contribution in [1.82, 2.24) is 9.88 Å². The number of carboxylic acid groups (broad SMARTS) is 1. The van der Waals surface area contributed by atoms with Crippen LogP contribution < -0.4 is 4.74 Å². The number of rotatable bonds is 8. The average molecular weight is 338 g/mol. The van der Waals surface area contributed by atoms with Gasteiger partial charge in [-0.05, 0) is 13.0 Å². The van der Waals surface area contributed by atoms with Gasteiger partial charge < -0.3 is 14.7 Å². The van der Waals surface area contributed by atoms with Crippen LogP contribution in [0.25, 0.3) is 0 Å². The van der Waals surface area contributed by atoms with E-state index in [1.54, 1.807) is 6.92 Å². The number of alkyl halides is 4. The third-order valence-electron chi connectivity index (χ3n) is 2.71. The fourth-order valence-electron chi connectivity index (χ4n) is 1.50. The topological polar surface area (TPSA) is 79.7 Å². The average Bonchev–Trinajstić information content (AvgIpc) is 2.50. The van der Waals surface area contributed by atoms with E-state index in [1.165, 1.54) is 6.07 Å². The van der Waals surface area contributed by atoms with E-state index in [0.717, 1.165) is 17.2 Å². The molecule has 6 nitrogen and oxygen atoms in total. The van der Waals surface area contributed by atoms with E-state index < -0.39 is 37.4 Å². The van der Waals surface area contributed by atoms with Crippen LogP contribution in [0.2, 0.25) is 0 Å². The molecule has 0 spiro atoms. The molecule has 0 aliphatic heterocycles. The van der Waals surface area contributed by atoms with Gasteiger partial charge in [-0.15, -0.1) is 0 Å². The van der Waals surface area contributed by atoms with Gasteiger partial charge in [-0.1, -0.05) is 0 Å². The number of carbonyl (C=O) groups is 2. The lowest BCUT2D eigenvalue weighted by Crippen LogP contribution is -2.35. The molecular weight excluding hydrogens is 324 g/mol. The van der Waals surface area contributed by atoms with Crippen LogP contribution in [0, 0.1) is 0 Å². The minimum Gasteiger partial charge on any atom is -0.480 e. The molecule has 1 aromatic rings. The second-order valence-corrected chi connectivity index (χ2v) is 4.45. The maximum Gasteiger partial charge on any atom is 0.340 e. The Morgan fingerprint density at radius 1 is 1.39 bits per heavy atom. The molecule has 0 radical (unpaired) electrons. The predicted molar refractivity (Wildman–Crippen MR) is 69.9 cm³/mol. The minimum absolute atomic E-state index is 0.0149. The van der Waals surface area contributed by atoms with Gasteiger partial charge in [0.2, 0.25) is 5.88 Å². The van der Waals surface area contributed by atoms with Gasteiger partial charge in [-0.25, -0.2) is 13.8 Å². The molecular formula is C13H14F4N2O4. The molecule has 23 heavy (non-hydrogen) atoms. The van der Waals surface area contributed by atoms with Crippen molar-refractivity contribution in [2.75, 3.05) is 19.7 Å². The highest BCUT2D eigenvalue weighted by Crippen LogP contribution is 2.23. The minimum atomic E-state index is -4.31. The van der Waals surface area contributed by atoms with E-state index in [9.17, 15) is 27.2 Å². The van der Waals surface area contributed by atoms with Crippen molar-refractivity contribution in [3.05, 3.63) is 23.9 Å². The standard InChI is InChI=1S/C13H14F4N2O4/c1-2-19(6-10(20)21)11(22)8-3-4-9(18-5-8)23-7-13(16,17)12(14)15/h3-5,12H,2,6-7H2,1H3,(H,20,21). The molecule has 1 amide bonds. The van der Waals surface area contributed by atoms with E-state index in [-0.39, 0.29) is 18.0 Å². The Balaban J connectivity index is 2.72. The van der Waals surface area contributed by atoms with Gasteiger partial charge in [0.05, 0.1) is 5.56 Å². The number of carboxylic acids is 1. The number of pyridine rings is 1. The van der Waals surface area contributed by atoms with E-state index in [4.69, 9.17) is 5.11 Å². The van der Waals surface area contributed by atoms with Gasteiger partial charge >= 0.3 is 18.3 Å². The number of aliphatic carboxylic acids is 1. The lowest BCUT2D eigenvalue weighted by atomic mass is 10.2. The molecule has 0 aliphatic rings. The van der Waals surface area contributed by atoms with Gasteiger partial charge in [0.25, 0.3) is 5.91 Å². The molecule has 0 fully saturated rings. The summed E-state index contributed by atoms with van der Waals surface area (Å²) < 4.78 is 53.8. The van der Waals surface area contributed by atoms with E-state index >= 15 is 0 Å². The van der Waals surface area contributed by atoms with Crippen LogP contribution in [0.1, 0.15) is 17.3 Å². The number of aromatic nitrogens is 1. The number of likely N-dealkylation sites (N-methyl/N-ethyl adjacent to an activating group) is 1. The molecule has 0 saturated carbocycles. The van der Waals surface area contributed by atoms with Gasteiger partial charge in [0.15, 0.2) is 6.61 Å². The van der Waals surface area contributed by atoms with Crippen LogP contribution in [0.15, 0.2) is 18.3 Å². The molecule has 0 aromatic carbocycles. The zero-order chi connectivity index (χ0) is 17.6. The summed E-state index contributed by atoms with van der Waals surface area (Å²) in [6, 6.07) is 2.24.